The van der Waals surface area contributed by atoms with Crippen molar-refractivity contribution in [2.24, 2.45) is 5.84 Å². The Morgan fingerprint density at radius 3 is 3.07 bits per heavy atom. The van der Waals surface area contributed by atoms with Crippen molar-refractivity contribution in [3.05, 3.63) is 0 Å². The Morgan fingerprint density at radius 2 is 2.40 bits per heavy atom. The zero-order valence-corrected chi connectivity index (χ0v) is 9.07. The van der Waals surface area contributed by atoms with Crippen molar-refractivity contribution in [1.82, 2.24) is 10.3 Å². The molecule has 0 bridgehead atoms. The lowest BCUT2D eigenvalue weighted by Gasteiger charge is -2.27. The molecule has 88 valence electrons. The average molecular weight is 217 g/mol. The molecule has 1 atom stereocenters. The van der Waals surface area contributed by atoms with Crippen LogP contribution in [-0.2, 0) is 14.3 Å². The quantitative estimate of drug-likeness (QED) is 0.348. The number of nitrogens with two attached hydrogens (primary N) is 1. The van der Waals surface area contributed by atoms with E-state index in [1.807, 2.05) is 4.90 Å². The summed E-state index contributed by atoms with van der Waals surface area (Å²) in [5.41, 5.74) is 2.17. The molecule has 1 heterocycles. The first-order chi connectivity index (χ1) is 7.29. The fraction of sp³-hybridized carbons (Fsp3) is 0.889. The van der Waals surface area contributed by atoms with Gasteiger partial charge in [-0.15, -0.1) is 0 Å². The maximum absolute atomic E-state index is 11.5. The molecule has 1 rings (SSSR count). The Balaban J connectivity index is 2.55. The number of amides is 1. The first-order valence-electron chi connectivity index (χ1n) is 5.10. The van der Waals surface area contributed by atoms with Gasteiger partial charge in [-0.05, 0) is 6.42 Å². The molecule has 3 N–H and O–H groups in total. The Morgan fingerprint density at radius 1 is 1.60 bits per heavy atom. The summed E-state index contributed by atoms with van der Waals surface area (Å²) in [6.45, 7) is 3.32. The van der Waals surface area contributed by atoms with E-state index >= 15 is 0 Å². The summed E-state index contributed by atoms with van der Waals surface area (Å²) in [5.74, 6) is 4.93. The van der Waals surface area contributed by atoms with Crippen LogP contribution < -0.4 is 11.3 Å². The predicted molar refractivity (Wildman–Crippen MR) is 55.0 cm³/mol. The van der Waals surface area contributed by atoms with Crippen LogP contribution >= 0.6 is 0 Å². The second kappa shape index (κ2) is 6.73. The number of nitrogens with zero attached hydrogens (tertiary/aromatic N) is 1. The monoisotopic (exact) mass is 217 g/mol. The highest BCUT2D eigenvalue weighted by atomic mass is 16.5. The summed E-state index contributed by atoms with van der Waals surface area (Å²) in [5, 5.41) is 0. The fourth-order valence-electron chi connectivity index (χ4n) is 1.68. The molecule has 0 aromatic heterocycles. The molecule has 0 aliphatic carbocycles. The minimum Gasteiger partial charge on any atom is -0.383 e. The summed E-state index contributed by atoms with van der Waals surface area (Å²) < 4.78 is 10.3. The standard InChI is InChI=1S/C9H19N3O3/c1-14-7-8(9(13)11-10)12-3-2-5-15-6-4-12/h8H,2-7,10H2,1H3,(H,11,13). The van der Waals surface area contributed by atoms with Crippen LogP contribution in [-0.4, -0.2) is 56.9 Å². The number of carbonyl (C=O) groups is 1. The largest absolute Gasteiger partial charge is 0.383 e. The molecule has 0 saturated carbocycles. The van der Waals surface area contributed by atoms with Crippen molar-refractivity contribution in [3.63, 3.8) is 0 Å². The fourth-order valence-corrected chi connectivity index (χ4v) is 1.68. The molecule has 15 heavy (non-hydrogen) atoms. The van der Waals surface area contributed by atoms with Crippen LogP contribution in [0.4, 0.5) is 0 Å². The van der Waals surface area contributed by atoms with Crippen LogP contribution in [0.25, 0.3) is 0 Å². The molecule has 0 radical (unpaired) electrons. The molecule has 1 aliphatic heterocycles. The van der Waals surface area contributed by atoms with Gasteiger partial charge in [0, 0.05) is 26.8 Å². The minimum absolute atomic E-state index is 0.209. The van der Waals surface area contributed by atoms with Crippen LogP contribution in [0.2, 0.25) is 0 Å². The van der Waals surface area contributed by atoms with Gasteiger partial charge in [0.1, 0.15) is 6.04 Å². The smallest absolute Gasteiger partial charge is 0.253 e. The molecule has 1 aliphatic rings. The van der Waals surface area contributed by atoms with Crippen LogP contribution in [0, 0.1) is 0 Å². The topological polar surface area (TPSA) is 76.8 Å². The zero-order valence-electron chi connectivity index (χ0n) is 9.07. The van der Waals surface area contributed by atoms with Gasteiger partial charge in [0.25, 0.3) is 5.91 Å². The van der Waals surface area contributed by atoms with Crippen LogP contribution in [0.3, 0.4) is 0 Å². The molecular formula is C9H19N3O3. The number of methoxy groups -OCH3 is 1. The van der Waals surface area contributed by atoms with Gasteiger partial charge in [0.2, 0.25) is 0 Å². The summed E-state index contributed by atoms with van der Waals surface area (Å²) in [6, 6.07) is -0.318. The second-order valence-corrected chi connectivity index (χ2v) is 3.48. The highest BCUT2D eigenvalue weighted by molar-refractivity contribution is 5.81. The van der Waals surface area contributed by atoms with E-state index < -0.39 is 0 Å². The van der Waals surface area contributed by atoms with E-state index in [4.69, 9.17) is 15.3 Å². The number of hydrogen-bond acceptors (Lipinski definition) is 5. The van der Waals surface area contributed by atoms with Crippen LogP contribution in [0.15, 0.2) is 0 Å². The van der Waals surface area contributed by atoms with E-state index in [2.05, 4.69) is 5.43 Å². The van der Waals surface area contributed by atoms with E-state index in [1.54, 1.807) is 7.11 Å². The van der Waals surface area contributed by atoms with Gasteiger partial charge >= 0.3 is 0 Å². The lowest BCUT2D eigenvalue weighted by molar-refractivity contribution is -0.128. The van der Waals surface area contributed by atoms with Crippen molar-refractivity contribution < 1.29 is 14.3 Å². The zero-order chi connectivity index (χ0) is 11.1. The van der Waals surface area contributed by atoms with Gasteiger partial charge in [-0.3, -0.25) is 15.1 Å². The van der Waals surface area contributed by atoms with E-state index in [9.17, 15) is 4.79 Å². The van der Waals surface area contributed by atoms with E-state index in [0.717, 1.165) is 26.1 Å². The van der Waals surface area contributed by atoms with Gasteiger partial charge in [-0.1, -0.05) is 0 Å². The second-order valence-electron chi connectivity index (χ2n) is 3.48. The number of rotatable bonds is 4. The summed E-state index contributed by atoms with van der Waals surface area (Å²) in [4.78, 5) is 13.6. The molecule has 0 spiro atoms. The molecule has 6 heteroatoms. The van der Waals surface area contributed by atoms with Crippen molar-refractivity contribution in [3.8, 4) is 0 Å². The number of hydrazine groups is 1. The van der Waals surface area contributed by atoms with E-state index in [1.165, 1.54) is 0 Å². The molecule has 0 aromatic rings. The number of ether oxygens (including phenoxy) is 2. The van der Waals surface area contributed by atoms with Crippen molar-refractivity contribution in [1.29, 1.82) is 0 Å². The van der Waals surface area contributed by atoms with Gasteiger partial charge in [-0.2, -0.15) is 0 Å². The Kier molecular flexibility index (Phi) is 5.56. The SMILES string of the molecule is COCC(C(=O)NN)N1CCCOCC1. The Bertz CT molecular complexity index is 193. The van der Waals surface area contributed by atoms with Gasteiger partial charge in [0.15, 0.2) is 0 Å². The Labute approximate surface area is 89.7 Å². The van der Waals surface area contributed by atoms with Crippen molar-refractivity contribution in [2.45, 2.75) is 12.5 Å². The number of nitrogens with one attached hydrogen (secondary N) is 1. The molecule has 1 fully saturated rings. The third-order valence-corrected chi connectivity index (χ3v) is 2.47. The first-order valence-corrected chi connectivity index (χ1v) is 5.10. The normalized spacial score (nSPS) is 20.7. The van der Waals surface area contributed by atoms with Crippen molar-refractivity contribution >= 4 is 5.91 Å². The third-order valence-electron chi connectivity index (χ3n) is 2.47. The lowest BCUT2D eigenvalue weighted by Crippen LogP contribution is -2.52. The minimum atomic E-state index is -0.318. The maximum atomic E-state index is 11.5. The molecule has 1 saturated heterocycles. The summed E-state index contributed by atoms with van der Waals surface area (Å²) in [6.07, 6.45) is 0.929. The molecule has 0 aromatic carbocycles. The maximum Gasteiger partial charge on any atom is 0.253 e. The number of carbonyl (C=O) groups excluding carboxylic acids is 1. The summed E-state index contributed by atoms with van der Waals surface area (Å²) in [7, 11) is 1.57. The van der Waals surface area contributed by atoms with E-state index in [0.29, 0.717) is 13.2 Å². The van der Waals surface area contributed by atoms with Crippen molar-refractivity contribution in [2.75, 3.05) is 40.0 Å². The predicted octanol–water partition coefficient (Wildman–Crippen LogP) is -1.29. The highest BCUT2D eigenvalue weighted by Gasteiger charge is 2.25. The number of hydrogen-bond donors (Lipinski definition) is 2. The molecular weight excluding hydrogens is 198 g/mol. The van der Waals surface area contributed by atoms with Crippen LogP contribution in [0.1, 0.15) is 6.42 Å². The lowest BCUT2D eigenvalue weighted by atomic mass is 10.2. The molecule has 6 nitrogen and oxygen atoms in total. The molecule has 1 amide bonds. The summed E-state index contributed by atoms with van der Waals surface area (Å²) >= 11 is 0. The van der Waals surface area contributed by atoms with Gasteiger partial charge in [-0.25, -0.2) is 5.84 Å². The van der Waals surface area contributed by atoms with Crippen LogP contribution in [0.5, 0.6) is 0 Å². The van der Waals surface area contributed by atoms with Gasteiger partial charge in [0.05, 0.1) is 13.2 Å². The highest BCUT2D eigenvalue weighted by Crippen LogP contribution is 2.05. The average Bonchev–Trinajstić information content (AvgIpc) is 2.53. The third kappa shape index (κ3) is 3.75. The first kappa shape index (κ1) is 12.4. The van der Waals surface area contributed by atoms with Gasteiger partial charge < -0.3 is 9.47 Å². The Hall–Kier alpha value is -0.690. The molecule has 1 unspecified atom stereocenters. The van der Waals surface area contributed by atoms with E-state index in [-0.39, 0.29) is 11.9 Å².